The van der Waals surface area contributed by atoms with Crippen molar-refractivity contribution in [2.24, 2.45) is 7.05 Å². The fourth-order valence-corrected chi connectivity index (χ4v) is 1.36. The van der Waals surface area contributed by atoms with E-state index >= 15 is 0 Å². The number of alkyl halides is 4. The molecule has 0 saturated carbocycles. The molecule has 1 heterocycles. The first-order valence-electron chi connectivity index (χ1n) is 4.58. The van der Waals surface area contributed by atoms with Gasteiger partial charge in [-0.1, -0.05) is 0 Å². The molecule has 2 nitrogen and oxygen atoms in total. The molecule has 0 spiro atoms. The van der Waals surface area contributed by atoms with Crippen molar-refractivity contribution in [3.8, 4) is 0 Å². The van der Waals surface area contributed by atoms with Crippen molar-refractivity contribution < 1.29 is 22.1 Å². The number of aromatic nitrogens is 2. The molecule has 6 heteroatoms. The van der Waals surface area contributed by atoms with Crippen LogP contribution < -0.4 is 4.57 Å². The topological polar surface area (TPSA) is 8.81 Å². The first-order chi connectivity index (χ1) is 6.88. The second-order valence-electron chi connectivity index (χ2n) is 3.35. The van der Waals surface area contributed by atoms with E-state index in [2.05, 4.69) is 0 Å². The van der Waals surface area contributed by atoms with Gasteiger partial charge in [0.15, 0.2) is 0 Å². The molecule has 15 heavy (non-hydrogen) atoms. The Kier molecular flexibility index (Phi) is 3.36. The van der Waals surface area contributed by atoms with Gasteiger partial charge in [-0.05, 0) is 6.92 Å². The molecular formula is C9H13F4N2+. The van der Waals surface area contributed by atoms with E-state index in [4.69, 9.17) is 0 Å². The third kappa shape index (κ3) is 2.49. The highest BCUT2D eigenvalue weighted by Crippen LogP contribution is 2.26. The van der Waals surface area contributed by atoms with Crippen LogP contribution in [0.2, 0.25) is 0 Å². The number of imidazole rings is 1. The van der Waals surface area contributed by atoms with Gasteiger partial charge in [-0.2, -0.15) is 8.78 Å². The van der Waals surface area contributed by atoms with Crippen molar-refractivity contribution in [3.63, 3.8) is 0 Å². The van der Waals surface area contributed by atoms with Crippen LogP contribution in [0.15, 0.2) is 12.4 Å². The predicted octanol–water partition coefficient (Wildman–Crippen LogP) is 1.78. The summed E-state index contributed by atoms with van der Waals surface area (Å²) in [6.07, 6.45) is -1.41. The van der Waals surface area contributed by atoms with Crippen molar-refractivity contribution in [1.82, 2.24) is 4.57 Å². The minimum Gasteiger partial charge on any atom is -0.237 e. The third-order valence-electron chi connectivity index (χ3n) is 2.26. The molecule has 0 unspecified atom stereocenters. The summed E-state index contributed by atoms with van der Waals surface area (Å²) in [5.41, 5.74) is 0. The highest BCUT2D eigenvalue weighted by molar-refractivity contribution is 4.90. The largest absolute Gasteiger partial charge is 0.318 e. The second-order valence-corrected chi connectivity index (χ2v) is 3.35. The second kappa shape index (κ2) is 4.20. The molecule has 0 bridgehead atoms. The maximum atomic E-state index is 12.8. The molecule has 0 aliphatic heterocycles. The summed E-state index contributed by atoms with van der Waals surface area (Å²) in [6, 6.07) is 0. The van der Waals surface area contributed by atoms with Gasteiger partial charge in [0.1, 0.15) is 18.8 Å². The molecule has 0 saturated heterocycles. The maximum Gasteiger partial charge on any atom is 0.318 e. The Bertz CT molecular complexity index is 333. The number of aryl methyl sites for hydroxylation is 2. The summed E-state index contributed by atoms with van der Waals surface area (Å²) in [5.74, 6) is -3.77. The average Bonchev–Trinajstić information content (AvgIpc) is 2.47. The minimum absolute atomic E-state index is 0.197. The maximum absolute atomic E-state index is 12.8. The summed E-state index contributed by atoms with van der Waals surface area (Å²) >= 11 is 0. The molecule has 86 valence electrons. The van der Waals surface area contributed by atoms with Crippen molar-refractivity contribution in [1.29, 1.82) is 0 Å². The van der Waals surface area contributed by atoms with Gasteiger partial charge in [-0.15, -0.1) is 0 Å². The molecule has 0 radical (unpaired) electrons. The Morgan fingerprint density at radius 3 is 2.53 bits per heavy atom. The van der Waals surface area contributed by atoms with Gasteiger partial charge in [0, 0.05) is 0 Å². The molecule has 0 atom stereocenters. The van der Waals surface area contributed by atoms with Crippen molar-refractivity contribution in [2.45, 2.75) is 32.2 Å². The first kappa shape index (κ1) is 12.0. The Morgan fingerprint density at radius 2 is 2.07 bits per heavy atom. The minimum atomic E-state index is -3.97. The zero-order valence-corrected chi connectivity index (χ0v) is 8.55. The number of nitrogens with zero attached hydrogens (tertiary/aromatic N) is 2. The monoisotopic (exact) mass is 225 g/mol. The molecule has 0 aromatic carbocycles. The zero-order chi connectivity index (χ0) is 11.6. The summed E-state index contributed by atoms with van der Waals surface area (Å²) in [4.78, 5) is 0. The molecular weight excluding hydrogens is 212 g/mol. The normalized spacial score (nSPS) is 12.5. The van der Waals surface area contributed by atoms with Crippen LogP contribution in [-0.2, 0) is 20.0 Å². The molecule has 0 aliphatic rings. The molecule has 0 N–H and O–H groups in total. The van der Waals surface area contributed by atoms with Crippen LogP contribution in [0.1, 0.15) is 12.7 Å². The number of hydrogen-bond donors (Lipinski definition) is 0. The van der Waals surface area contributed by atoms with Gasteiger partial charge in [-0.25, -0.2) is 17.9 Å². The molecule has 0 fully saturated rings. The van der Waals surface area contributed by atoms with E-state index in [0.717, 1.165) is 0 Å². The molecule has 1 rings (SSSR count). The standard InChI is InChI=1S/C9H13F4N2/c1-3-15-5-4-14(2)7(15)6-9(12,13)8(10)11/h4-5,8H,3,6H2,1-2H3/q+1. The van der Waals surface area contributed by atoms with Crippen LogP contribution in [0.4, 0.5) is 17.6 Å². The van der Waals surface area contributed by atoms with E-state index in [1.165, 1.54) is 9.13 Å². The summed E-state index contributed by atoms with van der Waals surface area (Å²) in [7, 11) is 1.56. The van der Waals surface area contributed by atoms with Crippen LogP contribution in [0, 0.1) is 0 Å². The van der Waals surface area contributed by atoms with Crippen LogP contribution in [-0.4, -0.2) is 16.9 Å². The van der Waals surface area contributed by atoms with Gasteiger partial charge in [-0.3, -0.25) is 0 Å². The fourth-order valence-electron chi connectivity index (χ4n) is 1.36. The summed E-state index contributed by atoms with van der Waals surface area (Å²) in [6.45, 7) is 2.25. The third-order valence-corrected chi connectivity index (χ3v) is 2.26. The Hall–Kier alpha value is -1.07. The van der Waals surface area contributed by atoms with Crippen molar-refractivity contribution in [2.75, 3.05) is 0 Å². The highest BCUT2D eigenvalue weighted by Gasteiger charge is 2.44. The van der Waals surface area contributed by atoms with Gasteiger partial charge >= 0.3 is 12.3 Å². The lowest BCUT2D eigenvalue weighted by Gasteiger charge is -2.13. The fraction of sp³-hybridized carbons (Fsp3) is 0.667. The lowest BCUT2D eigenvalue weighted by atomic mass is 10.2. The van der Waals surface area contributed by atoms with E-state index in [-0.39, 0.29) is 5.82 Å². The van der Waals surface area contributed by atoms with Crippen LogP contribution >= 0.6 is 0 Å². The lowest BCUT2D eigenvalue weighted by molar-refractivity contribution is -0.679. The van der Waals surface area contributed by atoms with Crippen LogP contribution in [0.25, 0.3) is 0 Å². The zero-order valence-electron chi connectivity index (χ0n) is 8.55. The highest BCUT2D eigenvalue weighted by atomic mass is 19.3. The van der Waals surface area contributed by atoms with Crippen LogP contribution in [0.5, 0.6) is 0 Å². The number of hydrogen-bond acceptors (Lipinski definition) is 0. The van der Waals surface area contributed by atoms with E-state index in [1.54, 1.807) is 26.4 Å². The smallest absolute Gasteiger partial charge is 0.237 e. The van der Waals surface area contributed by atoms with Crippen molar-refractivity contribution in [3.05, 3.63) is 18.2 Å². The van der Waals surface area contributed by atoms with Gasteiger partial charge < -0.3 is 0 Å². The first-order valence-corrected chi connectivity index (χ1v) is 4.58. The number of halogens is 4. The summed E-state index contributed by atoms with van der Waals surface area (Å²) < 4.78 is 52.6. The van der Waals surface area contributed by atoms with Crippen molar-refractivity contribution >= 4 is 0 Å². The van der Waals surface area contributed by atoms with Crippen LogP contribution in [0.3, 0.4) is 0 Å². The Labute approximate surface area is 85.1 Å². The molecule has 1 aromatic rings. The SMILES string of the molecule is CCn1cc[n+](C)c1CC(F)(F)C(F)F. The van der Waals surface area contributed by atoms with Gasteiger partial charge in [0.05, 0.1) is 13.6 Å². The average molecular weight is 225 g/mol. The molecule has 1 aromatic heterocycles. The lowest BCUT2D eigenvalue weighted by Crippen LogP contribution is -2.39. The van der Waals surface area contributed by atoms with Gasteiger partial charge in [0.2, 0.25) is 0 Å². The number of rotatable bonds is 4. The van der Waals surface area contributed by atoms with Gasteiger partial charge in [0.25, 0.3) is 5.82 Å². The Balaban J connectivity index is 2.93. The molecule has 0 aliphatic carbocycles. The van der Waals surface area contributed by atoms with E-state index in [9.17, 15) is 17.6 Å². The van der Waals surface area contributed by atoms with E-state index in [1.807, 2.05) is 0 Å². The van der Waals surface area contributed by atoms with E-state index in [0.29, 0.717) is 6.54 Å². The Morgan fingerprint density at radius 1 is 1.47 bits per heavy atom. The molecule has 0 amide bonds. The van der Waals surface area contributed by atoms with E-state index < -0.39 is 18.8 Å². The summed E-state index contributed by atoms with van der Waals surface area (Å²) in [5, 5.41) is 0. The predicted molar refractivity (Wildman–Crippen MR) is 45.9 cm³/mol. The quantitative estimate of drug-likeness (QED) is 0.545.